The van der Waals surface area contributed by atoms with Gasteiger partial charge in [-0.2, -0.15) is 0 Å². The van der Waals surface area contributed by atoms with Crippen LogP contribution in [0.5, 0.6) is 0 Å². The van der Waals surface area contributed by atoms with Crippen LogP contribution in [0.2, 0.25) is 0 Å². The highest BCUT2D eigenvalue weighted by Crippen LogP contribution is 2.14. The maximum Gasteiger partial charge on any atom is 0.410 e. The lowest BCUT2D eigenvalue weighted by molar-refractivity contribution is -0.140. The number of esters is 1. The monoisotopic (exact) mass is 287 g/mol. The number of carbonyl (C=O) groups is 3. The highest BCUT2D eigenvalue weighted by atomic mass is 16.6. The average molecular weight is 287 g/mol. The predicted molar refractivity (Wildman–Crippen MR) is 74.3 cm³/mol. The Balaban J connectivity index is 4.81. The van der Waals surface area contributed by atoms with Crippen molar-refractivity contribution in [3.63, 3.8) is 0 Å². The molecule has 0 unspecified atom stereocenters. The normalized spacial score (nSPS) is 12.5. The minimum absolute atomic E-state index is 0.0240. The van der Waals surface area contributed by atoms with Gasteiger partial charge in [0.15, 0.2) is 0 Å². The Morgan fingerprint density at radius 2 is 1.75 bits per heavy atom. The average Bonchev–Trinajstić information content (AvgIpc) is 2.25. The molecule has 0 aromatic carbocycles. The van der Waals surface area contributed by atoms with Gasteiger partial charge in [-0.3, -0.25) is 9.59 Å². The van der Waals surface area contributed by atoms with Crippen LogP contribution in [0.15, 0.2) is 0 Å². The summed E-state index contributed by atoms with van der Waals surface area (Å²) < 4.78 is 9.85. The molecular formula is C14H25NO5. The minimum atomic E-state index is -0.628. The molecule has 6 heteroatoms. The van der Waals surface area contributed by atoms with Gasteiger partial charge in [-0.25, -0.2) is 4.79 Å². The first kappa shape index (κ1) is 18.4. The van der Waals surface area contributed by atoms with Crippen LogP contribution in [-0.2, 0) is 19.1 Å². The smallest absolute Gasteiger partial charge is 0.410 e. The first-order valence-corrected chi connectivity index (χ1v) is 6.62. The Morgan fingerprint density at radius 1 is 1.20 bits per heavy atom. The van der Waals surface area contributed by atoms with E-state index < -0.39 is 17.7 Å². The lowest BCUT2D eigenvalue weighted by Gasteiger charge is -2.31. The van der Waals surface area contributed by atoms with E-state index in [-0.39, 0.29) is 31.2 Å². The molecule has 6 nitrogen and oxygen atoms in total. The first-order valence-electron chi connectivity index (χ1n) is 6.62. The van der Waals surface area contributed by atoms with Crippen LogP contribution in [0.1, 0.15) is 47.5 Å². The second-order valence-electron chi connectivity index (χ2n) is 5.76. The Bertz CT molecular complexity index is 359. The van der Waals surface area contributed by atoms with E-state index in [9.17, 15) is 14.4 Å². The fourth-order valence-electron chi connectivity index (χ4n) is 1.65. The van der Waals surface area contributed by atoms with Crippen LogP contribution >= 0.6 is 0 Å². The third kappa shape index (κ3) is 7.76. The first-order chi connectivity index (χ1) is 9.06. The molecule has 0 bridgehead atoms. The molecule has 0 radical (unpaired) electrons. The molecule has 0 aliphatic heterocycles. The summed E-state index contributed by atoms with van der Waals surface area (Å²) >= 11 is 0. The number of nitrogens with zero attached hydrogens (tertiary/aromatic N) is 1. The van der Waals surface area contributed by atoms with E-state index in [1.54, 1.807) is 27.7 Å². The Kier molecular flexibility index (Phi) is 7.24. The second-order valence-corrected chi connectivity index (χ2v) is 5.76. The van der Waals surface area contributed by atoms with Gasteiger partial charge in [0.1, 0.15) is 11.4 Å². The predicted octanol–water partition coefficient (Wildman–Crippen LogP) is 2.15. The summed E-state index contributed by atoms with van der Waals surface area (Å²) in [7, 11) is 1.29. The van der Waals surface area contributed by atoms with Crippen molar-refractivity contribution in [2.24, 2.45) is 0 Å². The maximum atomic E-state index is 12.1. The van der Waals surface area contributed by atoms with E-state index in [0.29, 0.717) is 0 Å². The van der Waals surface area contributed by atoms with Gasteiger partial charge in [0.2, 0.25) is 0 Å². The second kappa shape index (κ2) is 7.87. The number of ketones is 1. The SMILES string of the molecule is COC(=O)CCN(C(=O)OC(C)(C)C)[C@@H](C)CC(C)=O. The standard InChI is InChI=1S/C14H25NO5/c1-10(9-11(2)16)15(8-7-12(17)19-6)13(18)20-14(3,4)5/h10H,7-9H2,1-6H3/t10-/m0/s1. The summed E-state index contributed by atoms with van der Waals surface area (Å²) in [5, 5.41) is 0. The summed E-state index contributed by atoms with van der Waals surface area (Å²) in [5.41, 5.74) is -0.628. The summed E-state index contributed by atoms with van der Waals surface area (Å²) in [6.45, 7) is 8.67. The molecule has 0 saturated carbocycles. The van der Waals surface area contributed by atoms with Crippen molar-refractivity contribution in [1.82, 2.24) is 4.90 Å². The number of carbonyl (C=O) groups excluding carboxylic acids is 3. The zero-order valence-corrected chi connectivity index (χ0v) is 13.2. The Hall–Kier alpha value is -1.59. The van der Waals surface area contributed by atoms with Gasteiger partial charge in [0, 0.05) is 19.0 Å². The fraction of sp³-hybridized carbons (Fsp3) is 0.786. The third-order valence-corrected chi connectivity index (χ3v) is 2.53. The van der Waals surface area contributed by atoms with Gasteiger partial charge in [-0.05, 0) is 34.6 Å². The molecular weight excluding hydrogens is 262 g/mol. The molecule has 0 heterocycles. The van der Waals surface area contributed by atoms with Gasteiger partial charge in [0.05, 0.1) is 13.5 Å². The summed E-state index contributed by atoms with van der Waals surface area (Å²) in [6, 6.07) is -0.327. The quantitative estimate of drug-likeness (QED) is 0.700. The highest BCUT2D eigenvalue weighted by molar-refractivity contribution is 5.77. The minimum Gasteiger partial charge on any atom is -0.469 e. The summed E-state index contributed by atoms with van der Waals surface area (Å²) in [4.78, 5) is 35.9. The van der Waals surface area contributed by atoms with Crippen molar-refractivity contribution in [2.75, 3.05) is 13.7 Å². The van der Waals surface area contributed by atoms with Gasteiger partial charge in [-0.1, -0.05) is 0 Å². The number of ether oxygens (including phenoxy) is 2. The molecule has 0 aliphatic carbocycles. The van der Waals surface area contributed by atoms with Crippen molar-refractivity contribution < 1.29 is 23.9 Å². The number of Topliss-reactive ketones (excluding diaryl/α,β-unsaturated/α-hetero) is 1. The molecule has 116 valence electrons. The van der Waals surface area contributed by atoms with Crippen molar-refractivity contribution in [3.8, 4) is 0 Å². The van der Waals surface area contributed by atoms with E-state index >= 15 is 0 Å². The van der Waals surface area contributed by atoms with Gasteiger partial charge in [-0.15, -0.1) is 0 Å². The lowest BCUT2D eigenvalue weighted by Crippen LogP contribution is -2.44. The van der Waals surface area contributed by atoms with Crippen LogP contribution in [0.3, 0.4) is 0 Å². The van der Waals surface area contributed by atoms with E-state index in [0.717, 1.165) is 0 Å². The van der Waals surface area contributed by atoms with Crippen molar-refractivity contribution >= 4 is 17.8 Å². The van der Waals surface area contributed by atoms with Crippen molar-refractivity contribution in [2.45, 2.75) is 59.1 Å². The maximum absolute atomic E-state index is 12.1. The molecule has 0 fully saturated rings. The van der Waals surface area contributed by atoms with Crippen LogP contribution in [0.25, 0.3) is 0 Å². The molecule has 0 rings (SSSR count). The Labute approximate surface area is 120 Å². The van der Waals surface area contributed by atoms with Crippen LogP contribution < -0.4 is 0 Å². The Morgan fingerprint density at radius 3 is 2.15 bits per heavy atom. The zero-order chi connectivity index (χ0) is 15.9. The molecule has 0 N–H and O–H groups in total. The zero-order valence-electron chi connectivity index (χ0n) is 13.2. The number of amides is 1. The third-order valence-electron chi connectivity index (χ3n) is 2.53. The molecule has 1 atom stereocenters. The van der Waals surface area contributed by atoms with Gasteiger partial charge < -0.3 is 14.4 Å². The highest BCUT2D eigenvalue weighted by Gasteiger charge is 2.27. The molecule has 0 aliphatic rings. The molecule has 0 aromatic rings. The number of methoxy groups -OCH3 is 1. The largest absolute Gasteiger partial charge is 0.469 e. The van der Waals surface area contributed by atoms with Crippen LogP contribution in [-0.4, -0.2) is 48.0 Å². The van der Waals surface area contributed by atoms with E-state index in [1.165, 1.54) is 18.9 Å². The van der Waals surface area contributed by atoms with Gasteiger partial charge >= 0.3 is 12.1 Å². The van der Waals surface area contributed by atoms with E-state index in [4.69, 9.17) is 4.74 Å². The van der Waals surface area contributed by atoms with E-state index in [1.807, 2.05) is 0 Å². The van der Waals surface area contributed by atoms with Crippen LogP contribution in [0, 0.1) is 0 Å². The lowest BCUT2D eigenvalue weighted by atomic mass is 10.1. The summed E-state index contributed by atoms with van der Waals surface area (Å²) in [6.07, 6.45) is -0.242. The molecule has 1 amide bonds. The van der Waals surface area contributed by atoms with Gasteiger partial charge in [0.25, 0.3) is 0 Å². The summed E-state index contributed by atoms with van der Waals surface area (Å²) in [5.74, 6) is -0.433. The number of hydrogen-bond acceptors (Lipinski definition) is 5. The topological polar surface area (TPSA) is 72.9 Å². The van der Waals surface area contributed by atoms with Crippen molar-refractivity contribution in [3.05, 3.63) is 0 Å². The van der Waals surface area contributed by atoms with Crippen LogP contribution in [0.4, 0.5) is 4.79 Å². The van der Waals surface area contributed by atoms with E-state index in [2.05, 4.69) is 4.74 Å². The molecule has 20 heavy (non-hydrogen) atoms. The molecule has 0 spiro atoms. The van der Waals surface area contributed by atoms with Crippen molar-refractivity contribution in [1.29, 1.82) is 0 Å². The number of hydrogen-bond donors (Lipinski definition) is 0. The fourth-order valence-corrected chi connectivity index (χ4v) is 1.65. The number of rotatable bonds is 6. The molecule has 0 aromatic heterocycles. The molecule has 0 saturated heterocycles.